The molecule has 0 amide bonds. The molecule has 1 aromatic rings. The van der Waals surface area contributed by atoms with E-state index in [2.05, 4.69) is 11.7 Å². The van der Waals surface area contributed by atoms with E-state index in [9.17, 15) is 13.6 Å². The van der Waals surface area contributed by atoms with Crippen molar-refractivity contribution in [1.82, 2.24) is 0 Å². The number of ether oxygens (including phenoxy) is 2. The normalized spacial score (nSPS) is 12.2. The van der Waals surface area contributed by atoms with Crippen molar-refractivity contribution in [3.8, 4) is 5.75 Å². The van der Waals surface area contributed by atoms with E-state index in [4.69, 9.17) is 4.74 Å². The van der Waals surface area contributed by atoms with Crippen LogP contribution in [0.5, 0.6) is 5.75 Å². The number of benzene rings is 1. The van der Waals surface area contributed by atoms with E-state index in [-0.39, 0.29) is 18.3 Å². The maximum absolute atomic E-state index is 12.0. The van der Waals surface area contributed by atoms with Crippen LogP contribution in [0.3, 0.4) is 0 Å². The van der Waals surface area contributed by atoms with Gasteiger partial charge in [-0.15, -0.1) is 0 Å². The molecule has 0 N–H and O–H groups in total. The third kappa shape index (κ3) is 6.75. The molecule has 0 aliphatic rings. The molecule has 1 atom stereocenters. The largest absolute Gasteiger partial charge is 0.461 e. The molecule has 0 aliphatic heterocycles. The topological polar surface area (TPSA) is 35.5 Å². The molecule has 3 nitrogen and oxygen atoms in total. The number of esters is 1. The van der Waals surface area contributed by atoms with E-state index < -0.39 is 6.61 Å². The first-order chi connectivity index (χ1) is 9.51. The molecular weight excluding hydrogens is 286 g/mol. The average Bonchev–Trinajstić information content (AvgIpc) is 2.43. The van der Waals surface area contributed by atoms with Gasteiger partial charge in [-0.2, -0.15) is 20.5 Å². The zero-order valence-electron chi connectivity index (χ0n) is 11.5. The summed E-state index contributed by atoms with van der Waals surface area (Å²) < 4.78 is 33.3. The van der Waals surface area contributed by atoms with Crippen LogP contribution in [-0.2, 0) is 16.1 Å². The summed E-state index contributed by atoms with van der Waals surface area (Å²) in [5, 5.41) is 0.424. The molecule has 112 valence electrons. The molecule has 20 heavy (non-hydrogen) atoms. The van der Waals surface area contributed by atoms with E-state index in [1.807, 2.05) is 6.26 Å². The molecule has 0 radical (unpaired) electrons. The summed E-state index contributed by atoms with van der Waals surface area (Å²) in [6.07, 6.45) is 3.16. The van der Waals surface area contributed by atoms with Crippen molar-refractivity contribution in [2.45, 2.75) is 38.2 Å². The number of rotatable bonds is 8. The molecule has 0 spiro atoms. The molecule has 1 aromatic carbocycles. The predicted molar refractivity (Wildman–Crippen MR) is 75.1 cm³/mol. The van der Waals surface area contributed by atoms with Gasteiger partial charge in [0, 0.05) is 11.7 Å². The standard InChI is InChI=1S/C14H18F2O3S/c1-10(20-2)3-8-13(17)18-9-11-4-6-12(7-5-11)19-14(15)16/h4-7,10,14H,3,8-9H2,1-2H3/t10-/m0/s1. The first kappa shape index (κ1) is 16.8. The Kier molecular flexibility index (Phi) is 7.36. The number of hydrogen-bond acceptors (Lipinski definition) is 4. The summed E-state index contributed by atoms with van der Waals surface area (Å²) in [6, 6.07) is 6.03. The summed E-state index contributed by atoms with van der Waals surface area (Å²) in [4.78, 5) is 11.5. The summed E-state index contributed by atoms with van der Waals surface area (Å²) >= 11 is 1.70. The van der Waals surface area contributed by atoms with E-state index in [0.717, 1.165) is 12.0 Å². The number of hydrogen-bond donors (Lipinski definition) is 0. The second kappa shape index (κ2) is 8.79. The van der Waals surface area contributed by atoms with Crippen LogP contribution < -0.4 is 4.74 Å². The van der Waals surface area contributed by atoms with E-state index in [1.54, 1.807) is 23.9 Å². The lowest BCUT2D eigenvalue weighted by molar-refractivity contribution is -0.145. The third-order valence-corrected chi connectivity index (χ3v) is 3.75. The van der Waals surface area contributed by atoms with Gasteiger partial charge in [-0.3, -0.25) is 4.79 Å². The second-order valence-electron chi connectivity index (χ2n) is 4.27. The minimum absolute atomic E-state index is 0.0869. The molecule has 0 heterocycles. The average molecular weight is 304 g/mol. The van der Waals surface area contributed by atoms with Crippen LogP contribution in [0.4, 0.5) is 8.78 Å². The van der Waals surface area contributed by atoms with Crippen molar-refractivity contribution >= 4 is 17.7 Å². The van der Waals surface area contributed by atoms with Gasteiger partial charge in [0.05, 0.1) is 0 Å². The van der Waals surface area contributed by atoms with Crippen molar-refractivity contribution in [2.24, 2.45) is 0 Å². The Labute approximate surface area is 121 Å². The lowest BCUT2D eigenvalue weighted by Gasteiger charge is -2.09. The van der Waals surface area contributed by atoms with Crippen LogP contribution >= 0.6 is 11.8 Å². The molecule has 0 unspecified atom stereocenters. The zero-order chi connectivity index (χ0) is 15.0. The van der Waals surface area contributed by atoms with Crippen molar-refractivity contribution in [1.29, 1.82) is 0 Å². The quantitative estimate of drug-likeness (QED) is 0.683. The number of thioether (sulfide) groups is 1. The summed E-state index contributed by atoms with van der Waals surface area (Å²) in [5.74, 6) is -0.164. The number of carbonyl (C=O) groups is 1. The Morgan fingerprint density at radius 3 is 2.50 bits per heavy atom. The van der Waals surface area contributed by atoms with Crippen molar-refractivity contribution < 1.29 is 23.0 Å². The molecule has 0 aromatic heterocycles. The first-order valence-corrected chi connectivity index (χ1v) is 7.52. The first-order valence-electron chi connectivity index (χ1n) is 6.23. The van der Waals surface area contributed by atoms with Gasteiger partial charge in [0.15, 0.2) is 0 Å². The van der Waals surface area contributed by atoms with Crippen molar-refractivity contribution in [3.05, 3.63) is 29.8 Å². The molecular formula is C14H18F2O3S. The van der Waals surface area contributed by atoms with Gasteiger partial charge < -0.3 is 9.47 Å². The fourth-order valence-corrected chi connectivity index (χ4v) is 1.80. The van der Waals surface area contributed by atoms with E-state index in [1.165, 1.54) is 12.1 Å². The summed E-state index contributed by atoms with van der Waals surface area (Å²) in [6.45, 7) is -0.640. The van der Waals surface area contributed by atoms with Crippen LogP contribution in [0.15, 0.2) is 24.3 Å². The predicted octanol–water partition coefficient (Wildman–Crippen LogP) is 3.86. The molecule has 1 rings (SSSR count). The van der Waals surface area contributed by atoms with Gasteiger partial charge in [0.2, 0.25) is 0 Å². The second-order valence-corrected chi connectivity index (χ2v) is 5.54. The lowest BCUT2D eigenvalue weighted by Crippen LogP contribution is -2.07. The fraction of sp³-hybridized carbons (Fsp3) is 0.500. The van der Waals surface area contributed by atoms with Crippen LogP contribution in [0.25, 0.3) is 0 Å². The highest BCUT2D eigenvalue weighted by atomic mass is 32.2. The Bertz CT molecular complexity index is 409. The number of carbonyl (C=O) groups excluding carboxylic acids is 1. The number of alkyl halides is 2. The Morgan fingerprint density at radius 2 is 1.95 bits per heavy atom. The maximum atomic E-state index is 12.0. The van der Waals surface area contributed by atoms with Crippen LogP contribution in [-0.4, -0.2) is 24.1 Å². The zero-order valence-corrected chi connectivity index (χ0v) is 12.3. The van der Waals surface area contributed by atoms with Gasteiger partial charge in [-0.25, -0.2) is 0 Å². The molecule has 0 fully saturated rings. The lowest BCUT2D eigenvalue weighted by atomic mass is 10.2. The van der Waals surface area contributed by atoms with Crippen molar-refractivity contribution in [2.75, 3.05) is 6.26 Å². The molecule has 0 saturated carbocycles. The fourth-order valence-electron chi connectivity index (χ4n) is 1.44. The molecule has 0 aliphatic carbocycles. The van der Waals surface area contributed by atoms with E-state index >= 15 is 0 Å². The maximum Gasteiger partial charge on any atom is 0.387 e. The molecule has 0 bridgehead atoms. The highest BCUT2D eigenvalue weighted by molar-refractivity contribution is 7.99. The minimum atomic E-state index is -2.84. The van der Waals surface area contributed by atoms with Gasteiger partial charge in [-0.1, -0.05) is 19.1 Å². The SMILES string of the molecule is CS[C@@H](C)CCC(=O)OCc1ccc(OC(F)F)cc1. The summed E-state index contributed by atoms with van der Waals surface area (Å²) in [7, 11) is 0. The van der Waals surface area contributed by atoms with E-state index in [0.29, 0.717) is 11.7 Å². The number of halogens is 2. The molecule has 6 heteroatoms. The molecule has 0 saturated heterocycles. The Morgan fingerprint density at radius 1 is 1.30 bits per heavy atom. The van der Waals surface area contributed by atoms with Crippen molar-refractivity contribution in [3.63, 3.8) is 0 Å². The Balaban J connectivity index is 2.32. The van der Waals surface area contributed by atoms with Gasteiger partial charge >= 0.3 is 12.6 Å². The monoisotopic (exact) mass is 304 g/mol. The van der Waals surface area contributed by atoms with Crippen LogP contribution in [0.1, 0.15) is 25.3 Å². The minimum Gasteiger partial charge on any atom is -0.461 e. The van der Waals surface area contributed by atoms with Gasteiger partial charge in [0.1, 0.15) is 12.4 Å². The highest BCUT2D eigenvalue weighted by Crippen LogP contribution is 2.16. The third-order valence-electron chi connectivity index (χ3n) is 2.71. The Hall–Kier alpha value is -1.30. The summed E-state index contributed by atoms with van der Waals surface area (Å²) in [5.41, 5.74) is 0.734. The van der Waals surface area contributed by atoms with Crippen LogP contribution in [0.2, 0.25) is 0 Å². The highest BCUT2D eigenvalue weighted by Gasteiger charge is 2.08. The van der Waals surface area contributed by atoms with Gasteiger partial charge in [-0.05, 0) is 30.4 Å². The smallest absolute Gasteiger partial charge is 0.387 e. The van der Waals surface area contributed by atoms with Gasteiger partial charge in [0.25, 0.3) is 0 Å². The van der Waals surface area contributed by atoms with Crippen LogP contribution in [0, 0.1) is 0 Å².